The largest absolute Gasteiger partial charge is 0.478 e. The van der Waals surface area contributed by atoms with E-state index in [1.807, 2.05) is 37.1 Å². The number of hydrogen-bond donors (Lipinski definition) is 1. The molecule has 106 valence electrons. The van der Waals surface area contributed by atoms with Crippen molar-refractivity contribution in [3.8, 4) is 0 Å². The van der Waals surface area contributed by atoms with Gasteiger partial charge in [0.05, 0.1) is 23.7 Å². The molecule has 0 radical (unpaired) electrons. The van der Waals surface area contributed by atoms with E-state index < -0.39 is 5.97 Å². The van der Waals surface area contributed by atoms with Gasteiger partial charge in [-0.1, -0.05) is 18.2 Å². The van der Waals surface area contributed by atoms with Gasteiger partial charge in [-0.25, -0.2) is 9.78 Å². The summed E-state index contributed by atoms with van der Waals surface area (Å²) < 4.78 is 5.13. The number of aromatic nitrogens is 1. The fraction of sp³-hybridized carbons (Fsp3) is 0.333. The van der Waals surface area contributed by atoms with E-state index in [-0.39, 0.29) is 11.6 Å². The van der Waals surface area contributed by atoms with Crippen LogP contribution in [-0.4, -0.2) is 42.9 Å². The molecule has 0 aliphatic rings. The Balaban J connectivity index is 2.52. The standard InChI is InChI=1S/C15H18N2O3/c1-10(9-20-3)17(2)14-8-12(15(18)19)11-6-4-5-7-13(11)16-14/h4-8,10H,9H2,1-3H3,(H,18,19). The molecule has 1 atom stereocenters. The first kappa shape index (κ1) is 14.3. The third-order valence-corrected chi connectivity index (χ3v) is 3.36. The van der Waals surface area contributed by atoms with Gasteiger partial charge in [0.1, 0.15) is 5.82 Å². The molecule has 1 aromatic carbocycles. The summed E-state index contributed by atoms with van der Waals surface area (Å²) >= 11 is 0. The molecular formula is C15H18N2O3. The predicted octanol–water partition coefficient (Wildman–Crippen LogP) is 2.40. The molecule has 20 heavy (non-hydrogen) atoms. The molecule has 1 heterocycles. The molecule has 1 unspecified atom stereocenters. The number of carboxylic acid groups (broad SMARTS) is 1. The fourth-order valence-electron chi connectivity index (χ4n) is 2.10. The van der Waals surface area contributed by atoms with Crippen molar-refractivity contribution >= 4 is 22.7 Å². The molecule has 0 amide bonds. The summed E-state index contributed by atoms with van der Waals surface area (Å²) in [5, 5.41) is 10.0. The Labute approximate surface area is 117 Å². The second-order valence-electron chi connectivity index (χ2n) is 4.77. The summed E-state index contributed by atoms with van der Waals surface area (Å²) in [4.78, 5) is 17.9. The summed E-state index contributed by atoms with van der Waals surface area (Å²) in [6.07, 6.45) is 0. The van der Waals surface area contributed by atoms with E-state index in [2.05, 4.69) is 4.98 Å². The first-order valence-corrected chi connectivity index (χ1v) is 6.39. The Kier molecular flexibility index (Phi) is 4.20. The van der Waals surface area contributed by atoms with Gasteiger partial charge < -0.3 is 14.7 Å². The number of ether oxygens (including phenoxy) is 1. The second-order valence-corrected chi connectivity index (χ2v) is 4.77. The van der Waals surface area contributed by atoms with Crippen LogP contribution >= 0.6 is 0 Å². The van der Waals surface area contributed by atoms with Crippen LogP contribution in [0.2, 0.25) is 0 Å². The molecule has 0 bridgehead atoms. The number of nitrogens with zero attached hydrogens (tertiary/aromatic N) is 2. The number of fused-ring (bicyclic) bond motifs is 1. The third-order valence-electron chi connectivity index (χ3n) is 3.36. The quantitative estimate of drug-likeness (QED) is 0.907. The highest BCUT2D eigenvalue weighted by molar-refractivity contribution is 6.03. The molecule has 5 heteroatoms. The molecule has 1 N–H and O–H groups in total. The average molecular weight is 274 g/mol. The average Bonchev–Trinajstić information content (AvgIpc) is 2.45. The van der Waals surface area contributed by atoms with Crippen molar-refractivity contribution in [1.29, 1.82) is 0 Å². The number of hydrogen-bond acceptors (Lipinski definition) is 4. The lowest BCUT2D eigenvalue weighted by molar-refractivity contribution is 0.0699. The maximum absolute atomic E-state index is 11.4. The molecule has 0 saturated heterocycles. The number of benzene rings is 1. The number of anilines is 1. The zero-order valence-corrected chi connectivity index (χ0v) is 11.8. The molecular weight excluding hydrogens is 256 g/mol. The van der Waals surface area contributed by atoms with E-state index in [9.17, 15) is 9.90 Å². The predicted molar refractivity (Wildman–Crippen MR) is 78.4 cm³/mol. The van der Waals surface area contributed by atoms with Crippen LogP contribution in [0.4, 0.5) is 5.82 Å². The molecule has 0 saturated carbocycles. The first-order valence-electron chi connectivity index (χ1n) is 6.39. The monoisotopic (exact) mass is 274 g/mol. The number of methoxy groups -OCH3 is 1. The van der Waals surface area contributed by atoms with E-state index in [1.165, 1.54) is 0 Å². The molecule has 0 fully saturated rings. The summed E-state index contributed by atoms with van der Waals surface area (Å²) in [7, 11) is 3.52. The van der Waals surface area contributed by atoms with Crippen molar-refractivity contribution in [1.82, 2.24) is 4.98 Å². The van der Waals surface area contributed by atoms with Crippen LogP contribution in [0.1, 0.15) is 17.3 Å². The number of carbonyl (C=O) groups is 1. The Morgan fingerprint density at radius 1 is 1.45 bits per heavy atom. The van der Waals surface area contributed by atoms with Gasteiger partial charge in [0, 0.05) is 19.5 Å². The van der Waals surface area contributed by atoms with Crippen molar-refractivity contribution in [2.45, 2.75) is 13.0 Å². The molecule has 0 aliphatic heterocycles. The van der Waals surface area contributed by atoms with E-state index >= 15 is 0 Å². The Morgan fingerprint density at radius 2 is 2.15 bits per heavy atom. The molecule has 2 rings (SSSR count). The smallest absolute Gasteiger partial charge is 0.336 e. The van der Waals surface area contributed by atoms with Crippen LogP contribution in [0.5, 0.6) is 0 Å². The number of pyridine rings is 1. The van der Waals surface area contributed by atoms with Crippen molar-refractivity contribution in [3.05, 3.63) is 35.9 Å². The van der Waals surface area contributed by atoms with Crippen molar-refractivity contribution in [2.75, 3.05) is 25.7 Å². The second kappa shape index (κ2) is 5.88. The molecule has 1 aromatic heterocycles. The molecule has 2 aromatic rings. The van der Waals surface area contributed by atoms with Crippen molar-refractivity contribution in [3.63, 3.8) is 0 Å². The van der Waals surface area contributed by atoms with Crippen LogP contribution in [-0.2, 0) is 4.74 Å². The minimum atomic E-state index is -0.947. The minimum absolute atomic E-state index is 0.107. The summed E-state index contributed by atoms with van der Waals surface area (Å²) in [5.41, 5.74) is 0.945. The fourth-order valence-corrected chi connectivity index (χ4v) is 2.10. The Morgan fingerprint density at radius 3 is 2.80 bits per heavy atom. The summed E-state index contributed by atoms with van der Waals surface area (Å²) in [5.74, 6) is -0.316. The molecule has 5 nitrogen and oxygen atoms in total. The van der Waals surface area contributed by atoms with Crippen LogP contribution < -0.4 is 4.90 Å². The molecule has 0 aliphatic carbocycles. The highest BCUT2D eigenvalue weighted by Crippen LogP contribution is 2.23. The minimum Gasteiger partial charge on any atom is -0.478 e. The van der Waals surface area contributed by atoms with Gasteiger partial charge in [-0.15, -0.1) is 0 Å². The van der Waals surface area contributed by atoms with E-state index in [0.717, 1.165) is 0 Å². The third kappa shape index (κ3) is 2.72. The van der Waals surface area contributed by atoms with E-state index in [4.69, 9.17) is 4.74 Å². The topological polar surface area (TPSA) is 62.7 Å². The van der Waals surface area contributed by atoms with Crippen LogP contribution in [0, 0.1) is 0 Å². The van der Waals surface area contributed by atoms with Gasteiger partial charge in [-0.3, -0.25) is 0 Å². The number of likely N-dealkylation sites (N-methyl/N-ethyl adjacent to an activating group) is 1. The van der Waals surface area contributed by atoms with Crippen molar-refractivity contribution < 1.29 is 14.6 Å². The van der Waals surface area contributed by atoms with Gasteiger partial charge >= 0.3 is 5.97 Å². The van der Waals surface area contributed by atoms with Crippen molar-refractivity contribution in [2.24, 2.45) is 0 Å². The highest BCUT2D eigenvalue weighted by Gasteiger charge is 2.16. The van der Waals surface area contributed by atoms with E-state index in [0.29, 0.717) is 23.3 Å². The zero-order valence-electron chi connectivity index (χ0n) is 11.8. The van der Waals surface area contributed by atoms with Crippen LogP contribution in [0.15, 0.2) is 30.3 Å². The first-order chi connectivity index (χ1) is 9.54. The number of para-hydroxylation sites is 1. The lowest BCUT2D eigenvalue weighted by atomic mass is 10.1. The van der Waals surface area contributed by atoms with Gasteiger partial charge in [0.25, 0.3) is 0 Å². The Hall–Kier alpha value is -2.14. The van der Waals surface area contributed by atoms with Gasteiger partial charge in [0.2, 0.25) is 0 Å². The number of aromatic carboxylic acids is 1. The lowest BCUT2D eigenvalue weighted by Crippen LogP contribution is -2.33. The normalized spacial score (nSPS) is 12.3. The Bertz CT molecular complexity index is 628. The van der Waals surface area contributed by atoms with Crippen LogP contribution in [0.3, 0.4) is 0 Å². The SMILES string of the molecule is COCC(C)N(C)c1cc(C(=O)O)c2ccccc2n1. The summed E-state index contributed by atoms with van der Waals surface area (Å²) in [6.45, 7) is 2.55. The maximum Gasteiger partial charge on any atom is 0.336 e. The number of rotatable bonds is 5. The van der Waals surface area contributed by atoms with Crippen LogP contribution in [0.25, 0.3) is 10.9 Å². The zero-order chi connectivity index (χ0) is 14.7. The van der Waals surface area contributed by atoms with Gasteiger partial charge in [-0.2, -0.15) is 0 Å². The maximum atomic E-state index is 11.4. The molecule has 0 spiro atoms. The van der Waals surface area contributed by atoms with Gasteiger partial charge in [-0.05, 0) is 19.1 Å². The lowest BCUT2D eigenvalue weighted by Gasteiger charge is -2.26. The number of carboxylic acids is 1. The van der Waals surface area contributed by atoms with E-state index in [1.54, 1.807) is 19.2 Å². The summed E-state index contributed by atoms with van der Waals surface area (Å²) in [6, 6.07) is 8.97. The highest BCUT2D eigenvalue weighted by atomic mass is 16.5. The van der Waals surface area contributed by atoms with Gasteiger partial charge in [0.15, 0.2) is 0 Å².